The van der Waals surface area contributed by atoms with Crippen LogP contribution in [0.25, 0.3) is 11.2 Å². The van der Waals surface area contributed by atoms with E-state index in [0.717, 1.165) is 11.1 Å². The Hall–Kier alpha value is -3.64. The lowest BCUT2D eigenvalue weighted by Gasteiger charge is -2.40. The number of amides is 1. The number of fused-ring (bicyclic) bond motifs is 1. The first-order chi connectivity index (χ1) is 17.7. The minimum atomic E-state index is -0.482. The van der Waals surface area contributed by atoms with Gasteiger partial charge in [-0.1, -0.05) is 24.3 Å². The maximum atomic E-state index is 12.1. The largest absolute Gasteiger partial charge is 0.468 e. The molecule has 37 heavy (non-hydrogen) atoms. The highest BCUT2D eigenvalue weighted by Gasteiger charge is 2.33. The van der Waals surface area contributed by atoms with Crippen molar-refractivity contribution >= 4 is 23.1 Å². The number of benzene rings is 1. The molecule has 0 saturated carbocycles. The molecule has 1 amide bonds. The van der Waals surface area contributed by atoms with Gasteiger partial charge in [0.15, 0.2) is 17.0 Å². The molecule has 1 aliphatic rings. The van der Waals surface area contributed by atoms with Crippen LogP contribution in [0.1, 0.15) is 31.9 Å². The van der Waals surface area contributed by atoms with Crippen molar-refractivity contribution < 1.29 is 23.7 Å². The van der Waals surface area contributed by atoms with Crippen LogP contribution in [0, 0.1) is 0 Å². The Kier molecular flexibility index (Phi) is 7.98. The highest BCUT2D eigenvalue weighted by atomic mass is 16.6. The number of anilines is 1. The quantitative estimate of drug-likeness (QED) is 0.388. The molecule has 200 valence electrons. The van der Waals surface area contributed by atoms with E-state index >= 15 is 0 Å². The van der Waals surface area contributed by atoms with E-state index in [1.54, 1.807) is 19.1 Å². The maximum absolute atomic E-state index is 12.1. The molecule has 12 nitrogen and oxygen atoms in total. The van der Waals surface area contributed by atoms with Gasteiger partial charge in [-0.2, -0.15) is 15.0 Å². The van der Waals surface area contributed by atoms with Crippen molar-refractivity contribution in [2.24, 2.45) is 0 Å². The fraction of sp³-hybridized carbons (Fsp3) is 0.520. The highest BCUT2D eigenvalue weighted by Crippen LogP contribution is 2.26. The summed E-state index contributed by atoms with van der Waals surface area (Å²) < 4.78 is 23.3. The van der Waals surface area contributed by atoms with Crippen molar-refractivity contribution in [1.29, 1.82) is 0 Å². The Bertz CT molecular complexity index is 1220. The lowest BCUT2D eigenvalue weighted by atomic mass is 10.1. The minimum absolute atomic E-state index is 0.161. The van der Waals surface area contributed by atoms with Gasteiger partial charge < -0.3 is 34.9 Å². The molecule has 0 spiro atoms. The van der Waals surface area contributed by atoms with Crippen molar-refractivity contribution in [2.75, 3.05) is 46.3 Å². The molecular weight excluding hydrogens is 478 g/mol. The molecule has 1 aromatic carbocycles. The molecular formula is C25H35N7O5. The third-order valence-electron chi connectivity index (χ3n) is 5.76. The summed E-state index contributed by atoms with van der Waals surface area (Å²) >= 11 is 0. The molecule has 3 heterocycles. The Morgan fingerprint density at radius 3 is 2.43 bits per heavy atom. The molecule has 2 aromatic heterocycles. The summed E-state index contributed by atoms with van der Waals surface area (Å²) in [5.41, 5.74) is 8.79. The molecule has 1 saturated heterocycles. The van der Waals surface area contributed by atoms with Gasteiger partial charge in [-0.3, -0.25) is 4.57 Å². The molecule has 0 aliphatic carbocycles. The number of nitrogens with two attached hydrogens (primary N) is 1. The summed E-state index contributed by atoms with van der Waals surface area (Å²) in [6.45, 7) is 8.80. The number of hydrogen-bond donors (Lipinski definition) is 2. The van der Waals surface area contributed by atoms with Crippen LogP contribution in [-0.4, -0.2) is 82.7 Å². The molecule has 1 aliphatic heterocycles. The standard InChI is InChI=1S/C25H35N7O5/c1-25(2,3)37-24(33)31-14-18(15-31)27-12-16-6-8-17(9-7-16)13-32-21-19(28-23(32)35-5)20(26)29-22(30-21)36-11-10-34-4/h6-9,18,27H,10-15H2,1-5H3,(H2,26,29,30). The summed E-state index contributed by atoms with van der Waals surface area (Å²) in [4.78, 5) is 26.9. The topological polar surface area (TPSA) is 139 Å². The number of aromatic nitrogens is 4. The lowest BCUT2D eigenvalue weighted by Crippen LogP contribution is -2.60. The Labute approximate surface area is 216 Å². The number of rotatable bonds is 10. The predicted octanol–water partition coefficient (Wildman–Crippen LogP) is 2.20. The normalized spacial score (nSPS) is 14.0. The van der Waals surface area contributed by atoms with Crippen LogP contribution in [0.15, 0.2) is 24.3 Å². The zero-order valence-electron chi connectivity index (χ0n) is 22.0. The van der Waals surface area contributed by atoms with E-state index in [1.165, 1.54) is 0 Å². The Morgan fingerprint density at radius 2 is 1.78 bits per heavy atom. The van der Waals surface area contributed by atoms with Crippen LogP contribution in [0.4, 0.5) is 10.6 Å². The van der Waals surface area contributed by atoms with E-state index in [2.05, 4.69) is 44.5 Å². The SMILES string of the molecule is COCCOc1nc(N)c2nc(OC)n(Cc3ccc(CNC4CN(C(=O)OC(C)(C)C)C4)cc3)c2n1. The first kappa shape index (κ1) is 26.4. The average molecular weight is 514 g/mol. The second kappa shape index (κ2) is 11.2. The molecule has 12 heteroatoms. The number of likely N-dealkylation sites (tertiary alicyclic amines) is 1. The van der Waals surface area contributed by atoms with Gasteiger partial charge in [0.05, 0.1) is 20.3 Å². The third-order valence-corrected chi connectivity index (χ3v) is 5.76. The van der Waals surface area contributed by atoms with Gasteiger partial charge in [0, 0.05) is 32.8 Å². The van der Waals surface area contributed by atoms with Crippen molar-refractivity contribution in [3.8, 4) is 12.0 Å². The number of carbonyl (C=O) groups excluding carboxylic acids is 1. The molecule has 0 unspecified atom stereocenters. The number of hydrogen-bond acceptors (Lipinski definition) is 10. The summed E-state index contributed by atoms with van der Waals surface area (Å²) in [5, 5.41) is 3.49. The number of methoxy groups -OCH3 is 2. The lowest BCUT2D eigenvalue weighted by molar-refractivity contribution is 0.00518. The van der Waals surface area contributed by atoms with Crippen LogP contribution in [0.5, 0.6) is 12.0 Å². The molecule has 4 rings (SSSR count). The van der Waals surface area contributed by atoms with Crippen molar-refractivity contribution in [1.82, 2.24) is 29.7 Å². The summed E-state index contributed by atoms with van der Waals surface area (Å²) in [6.07, 6.45) is -0.266. The molecule has 0 atom stereocenters. The minimum Gasteiger partial charge on any atom is -0.468 e. The fourth-order valence-corrected chi connectivity index (χ4v) is 3.85. The zero-order valence-corrected chi connectivity index (χ0v) is 22.0. The molecule has 0 bridgehead atoms. The number of imidazole rings is 1. The fourth-order valence-electron chi connectivity index (χ4n) is 3.85. The van der Waals surface area contributed by atoms with Crippen LogP contribution in [0.3, 0.4) is 0 Å². The van der Waals surface area contributed by atoms with Crippen molar-refractivity contribution in [2.45, 2.75) is 45.5 Å². The van der Waals surface area contributed by atoms with Gasteiger partial charge in [-0.15, -0.1) is 0 Å². The van der Waals surface area contributed by atoms with Crippen LogP contribution >= 0.6 is 0 Å². The monoisotopic (exact) mass is 513 g/mol. The molecule has 3 aromatic rings. The summed E-state index contributed by atoms with van der Waals surface area (Å²) in [5.74, 6) is 0.220. The third kappa shape index (κ3) is 6.57. The predicted molar refractivity (Wildman–Crippen MR) is 138 cm³/mol. The first-order valence-electron chi connectivity index (χ1n) is 12.2. The van der Waals surface area contributed by atoms with E-state index in [9.17, 15) is 4.79 Å². The summed E-state index contributed by atoms with van der Waals surface area (Å²) in [7, 11) is 3.15. The van der Waals surface area contributed by atoms with Crippen LogP contribution < -0.4 is 20.5 Å². The summed E-state index contributed by atoms with van der Waals surface area (Å²) in [6, 6.07) is 9.04. The van der Waals surface area contributed by atoms with Crippen molar-refractivity contribution in [3.63, 3.8) is 0 Å². The Balaban J connectivity index is 1.36. The molecule has 3 N–H and O–H groups in total. The van der Waals surface area contributed by atoms with E-state index in [-0.39, 0.29) is 24.0 Å². The van der Waals surface area contributed by atoms with Gasteiger partial charge in [-0.05, 0) is 31.9 Å². The van der Waals surface area contributed by atoms with E-state index < -0.39 is 5.60 Å². The Morgan fingerprint density at radius 1 is 1.08 bits per heavy atom. The van der Waals surface area contributed by atoms with Crippen LogP contribution in [-0.2, 0) is 22.6 Å². The second-order valence-corrected chi connectivity index (χ2v) is 9.87. The van der Waals surface area contributed by atoms with Crippen LogP contribution in [0.2, 0.25) is 0 Å². The smallest absolute Gasteiger partial charge is 0.410 e. The number of carbonyl (C=O) groups is 1. The number of nitrogens with one attached hydrogen (secondary N) is 1. The number of nitrogen functional groups attached to an aromatic ring is 1. The number of nitrogens with zero attached hydrogens (tertiary/aromatic N) is 5. The van der Waals surface area contributed by atoms with Gasteiger partial charge in [0.25, 0.3) is 6.01 Å². The van der Waals surface area contributed by atoms with Crippen molar-refractivity contribution in [3.05, 3.63) is 35.4 Å². The number of ether oxygens (including phenoxy) is 4. The van der Waals surface area contributed by atoms with Gasteiger partial charge >= 0.3 is 12.1 Å². The first-order valence-corrected chi connectivity index (χ1v) is 12.2. The van der Waals surface area contributed by atoms with Gasteiger partial charge in [0.1, 0.15) is 12.2 Å². The highest BCUT2D eigenvalue weighted by molar-refractivity contribution is 5.83. The molecule has 1 fully saturated rings. The zero-order chi connectivity index (χ0) is 26.6. The van der Waals surface area contributed by atoms with E-state index in [1.807, 2.05) is 25.3 Å². The van der Waals surface area contributed by atoms with E-state index in [4.69, 9.17) is 24.7 Å². The average Bonchev–Trinajstić information content (AvgIpc) is 3.16. The van der Waals surface area contributed by atoms with Gasteiger partial charge in [0.2, 0.25) is 0 Å². The van der Waals surface area contributed by atoms with Gasteiger partial charge in [-0.25, -0.2) is 4.79 Å². The van der Waals surface area contributed by atoms with E-state index in [0.29, 0.717) is 56.6 Å². The maximum Gasteiger partial charge on any atom is 0.410 e. The second-order valence-electron chi connectivity index (χ2n) is 9.87. The molecule has 0 radical (unpaired) electrons.